The maximum Gasteiger partial charge on any atom is 0.417 e. The Kier molecular flexibility index (Phi) is 4.44. The van der Waals surface area contributed by atoms with Crippen LogP contribution < -0.4 is 0 Å². The standard InChI is InChI=1S/C19H13ClF3N3S/c1-2-11-3-5-12(6-4-11)26-16-10-14(20)13(19(21,22)23)9-15(16)25-17(26)18-24-7-8-27-18/h3-10H,2H2,1H3. The van der Waals surface area contributed by atoms with Crippen LogP contribution in [0.1, 0.15) is 18.1 Å². The van der Waals surface area contributed by atoms with Crippen LogP contribution >= 0.6 is 22.9 Å². The molecule has 0 aliphatic carbocycles. The van der Waals surface area contributed by atoms with Gasteiger partial charge >= 0.3 is 6.18 Å². The van der Waals surface area contributed by atoms with Gasteiger partial charge in [0.25, 0.3) is 0 Å². The fourth-order valence-electron chi connectivity index (χ4n) is 2.93. The Morgan fingerprint density at radius 2 is 1.89 bits per heavy atom. The maximum atomic E-state index is 13.2. The van der Waals surface area contributed by atoms with Crippen LogP contribution in [0.25, 0.3) is 27.6 Å². The lowest BCUT2D eigenvalue weighted by Gasteiger charge is -2.11. The van der Waals surface area contributed by atoms with E-state index in [2.05, 4.69) is 16.9 Å². The normalized spacial score (nSPS) is 12.0. The van der Waals surface area contributed by atoms with Crippen LogP contribution in [0.3, 0.4) is 0 Å². The average molecular weight is 408 g/mol. The van der Waals surface area contributed by atoms with E-state index in [0.29, 0.717) is 16.3 Å². The molecular weight excluding hydrogens is 395 g/mol. The molecule has 0 aliphatic rings. The predicted octanol–water partition coefficient (Wildman–Crippen LogP) is 6.38. The first-order valence-electron chi connectivity index (χ1n) is 8.17. The van der Waals surface area contributed by atoms with E-state index in [1.807, 2.05) is 24.3 Å². The predicted molar refractivity (Wildman–Crippen MR) is 102 cm³/mol. The van der Waals surface area contributed by atoms with Gasteiger partial charge in [-0.15, -0.1) is 11.3 Å². The van der Waals surface area contributed by atoms with Crippen LogP contribution in [0.2, 0.25) is 5.02 Å². The number of aromatic nitrogens is 3. The summed E-state index contributed by atoms with van der Waals surface area (Å²) in [6.07, 6.45) is -2.01. The first-order chi connectivity index (χ1) is 12.9. The molecule has 2 aromatic heterocycles. The highest BCUT2D eigenvalue weighted by Crippen LogP contribution is 2.39. The molecule has 0 aliphatic heterocycles. The highest BCUT2D eigenvalue weighted by atomic mass is 35.5. The largest absolute Gasteiger partial charge is 0.417 e. The molecule has 0 amide bonds. The van der Waals surface area contributed by atoms with Crippen molar-refractivity contribution >= 4 is 34.0 Å². The zero-order valence-corrected chi connectivity index (χ0v) is 15.7. The number of imidazole rings is 1. The van der Waals surface area contributed by atoms with Gasteiger partial charge < -0.3 is 0 Å². The number of hydrogen-bond donors (Lipinski definition) is 0. The fraction of sp³-hybridized carbons (Fsp3) is 0.158. The van der Waals surface area contributed by atoms with Crippen LogP contribution in [-0.2, 0) is 12.6 Å². The van der Waals surface area contributed by atoms with Crippen molar-refractivity contribution in [1.82, 2.24) is 14.5 Å². The van der Waals surface area contributed by atoms with Crippen LogP contribution in [-0.4, -0.2) is 14.5 Å². The molecule has 0 atom stereocenters. The van der Waals surface area contributed by atoms with Gasteiger partial charge in [0.2, 0.25) is 0 Å². The second kappa shape index (κ2) is 6.65. The number of benzene rings is 2. The SMILES string of the molecule is CCc1ccc(-n2c(-c3nccs3)nc3cc(C(F)(F)F)c(Cl)cc32)cc1. The zero-order chi connectivity index (χ0) is 19.2. The molecule has 0 fully saturated rings. The van der Waals surface area contributed by atoms with Gasteiger partial charge in [0.15, 0.2) is 10.8 Å². The Labute approximate surface area is 162 Å². The number of nitrogens with zero attached hydrogens (tertiary/aromatic N) is 3. The lowest BCUT2D eigenvalue weighted by molar-refractivity contribution is -0.137. The molecule has 0 radical (unpaired) electrons. The number of alkyl halides is 3. The molecule has 0 unspecified atom stereocenters. The summed E-state index contributed by atoms with van der Waals surface area (Å²) in [6, 6.07) is 10.1. The van der Waals surface area contributed by atoms with Crippen molar-refractivity contribution in [3.05, 3.63) is 64.1 Å². The molecule has 4 rings (SSSR count). The highest BCUT2D eigenvalue weighted by molar-refractivity contribution is 7.13. The number of fused-ring (bicyclic) bond motifs is 1. The molecular formula is C19H13ClF3N3S. The molecule has 4 aromatic rings. The second-order valence-electron chi connectivity index (χ2n) is 5.95. The first kappa shape index (κ1) is 18.0. The van der Waals surface area contributed by atoms with E-state index in [0.717, 1.165) is 23.7 Å². The zero-order valence-electron chi connectivity index (χ0n) is 14.1. The summed E-state index contributed by atoms with van der Waals surface area (Å²) in [4.78, 5) is 8.72. The quantitative estimate of drug-likeness (QED) is 0.394. The van der Waals surface area contributed by atoms with Gasteiger partial charge in [-0.05, 0) is 36.2 Å². The molecule has 0 saturated carbocycles. The van der Waals surface area contributed by atoms with E-state index in [-0.39, 0.29) is 10.5 Å². The Morgan fingerprint density at radius 3 is 2.48 bits per heavy atom. The molecule has 3 nitrogen and oxygen atoms in total. The second-order valence-corrected chi connectivity index (χ2v) is 7.25. The van der Waals surface area contributed by atoms with Gasteiger partial charge in [-0.25, -0.2) is 9.97 Å². The van der Waals surface area contributed by atoms with Crippen molar-refractivity contribution in [2.75, 3.05) is 0 Å². The van der Waals surface area contributed by atoms with Crippen LogP contribution in [0.4, 0.5) is 13.2 Å². The summed E-state index contributed by atoms with van der Waals surface area (Å²) in [6.45, 7) is 2.06. The molecule has 8 heteroatoms. The fourth-order valence-corrected chi connectivity index (χ4v) is 3.81. The summed E-state index contributed by atoms with van der Waals surface area (Å²) in [5.74, 6) is 0.486. The average Bonchev–Trinajstić information content (AvgIpc) is 3.27. The first-order valence-corrected chi connectivity index (χ1v) is 9.42. The lowest BCUT2D eigenvalue weighted by Crippen LogP contribution is -2.06. The summed E-state index contributed by atoms with van der Waals surface area (Å²) in [5, 5.41) is 2.07. The van der Waals surface area contributed by atoms with Gasteiger partial charge in [0.1, 0.15) is 0 Å². The summed E-state index contributed by atoms with van der Waals surface area (Å²) >= 11 is 7.33. The van der Waals surface area contributed by atoms with Gasteiger partial charge in [0.05, 0.1) is 21.6 Å². The van der Waals surface area contributed by atoms with Crippen molar-refractivity contribution in [2.45, 2.75) is 19.5 Å². The number of aryl methyl sites for hydroxylation is 1. The van der Waals surface area contributed by atoms with E-state index in [1.165, 1.54) is 17.4 Å². The van der Waals surface area contributed by atoms with Crippen molar-refractivity contribution in [2.24, 2.45) is 0 Å². The monoisotopic (exact) mass is 407 g/mol. The van der Waals surface area contributed by atoms with Gasteiger partial charge in [0, 0.05) is 17.3 Å². The third-order valence-corrected chi connectivity index (χ3v) is 5.36. The number of rotatable bonds is 3. The Bertz CT molecular complexity index is 1100. The third-order valence-electron chi connectivity index (χ3n) is 4.28. The van der Waals surface area contributed by atoms with Gasteiger partial charge in [-0.1, -0.05) is 30.7 Å². The summed E-state index contributed by atoms with van der Waals surface area (Å²) in [5.41, 5.74) is 1.78. The molecule has 0 spiro atoms. The molecule has 2 heterocycles. The molecule has 0 N–H and O–H groups in total. The van der Waals surface area contributed by atoms with Gasteiger partial charge in [-0.3, -0.25) is 4.57 Å². The lowest BCUT2D eigenvalue weighted by atomic mass is 10.1. The van der Waals surface area contributed by atoms with Crippen molar-refractivity contribution in [3.63, 3.8) is 0 Å². The minimum atomic E-state index is -4.54. The van der Waals surface area contributed by atoms with E-state index in [4.69, 9.17) is 11.6 Å². The van der Waals surface area contributed by atoms with E-state index in [9.17, 15) is 13.2 Å². The minimum Gasteiger partial charge on any atom is -0.290 e. The van der Waals surface area contributed by atoms with Crippen molar-refractivity contribution in [3.8, 4) is 16.5 Å². The van der Waals surface area contributed by atoms with Crippen LogP contribution in [0, 0.1) is 0 Å². The molecule has 138 valence electrons. The van der Waals surface area contributed by atoms with Crippen LogP contribution in [0.15, 0.2) is 48.0 Å². The summed E-state index contributed by atoms with van der Waals surface area (Å²) in [7, 11) is 0. The Morgan fingerprint density at radius 1 is 1.15 bits per heavy atom. The number of halogens is 4. The molecule has 2 aromatic carbocycles. The van der Waals surface area contributed by atoms with Crippen LogP contribution in [0.5, 0.6) is 0 Å². The summed E-state index contributed by atoms with van der Waals surface area (Å²) < 4.78 is 41.5. The van der Waals surface area contributed by atoms with Crippen molar-refractivity contribution in [1.29, 1.82) is 0 Å². The van der Waals surface area contributed by atoms with Crippen molar-refractivity contribution < 1.29 is 13.2 Å². The maximum absolute atomic E-state index is 13.2. The van der Waals surface area contributed by atoms with E-state index >= 15 is 0 Å². The topological polar surface area (TPSA) is 30.7 Å². The Balaban J connectivity index is 2.02. The number of hydrogen-bond acceptors (Lipinski definition) is 3. The van der Waals surface area contributed by atoms with E-state index < -0.39 is 11.7 Å². The molecule has 0 bridgehead atoms. The van der Waals surface area contributed by atoms with Gasteiger partial charge in [-0.2, -0.15) is 13.2 Å². The minimum absolute atomic E-state index is 0.219. The number of thiazole rings is 1. The van der Waals surface area contributed by atoms with E-state index in [1.54, 1.807) is 16.1 Å². The Hall–Kier alpha value is -2.38. The highest BCUT2D eigenvalue weighted by Gasteiger charge is 2.34. The smallest absolute Gasteiger partial charge is 0.290 e. The molecule has 27 heavy (non-hydrogen) atoms. The molecule has 0 saturated heterocycles. The third kappa shape index (κ3) is 3.21.